The van der Waals surface area contributed by atoms with Crippen molar-refractivity contribution >= 4 is 33.4 Å². The molecule has 0 saturated carbocycles. The minimum atomic E-state index is 0.187. The molecule has 37 heavy (non-hydrogen) atoms. The molecule has 1 fully saturated rings. The van der Waals surface area contributed by atoms with Gasteiger partial charge in [0.25, 0.3) is 0 Å². The molecule has 4 rings (SSSR count). The zero-order chi connectivity index (χ0) is 26.8. The molecule has 3 aromatic rings. The normalized spacial score (nSPS) is 14.8. The molecule has 1 aliphatic heterocycles. The molecule has 8 nitrogen and oxygen atoms in total. The number of anilines is 2. The monoisotopic (exact) mass is 511 g/mol. The smallest absolute Gasteiger partial charge is 0.150 e. The zero-order valence-electron chi connectivity index (χ0n) is 23.7. The van der Waals surface area contributed by atoms with Gasteiger partial charge in [0, 0.05) is 56.9 Å². The first-order chi connectivity index (χ1) is 17.8. The van der Waals surface area contributed by atoms with E-state index >= 15 is 0 Å². The number of nitrogens with zero attached hydrogens (tertiary/aromatic N) is 4. The molecule has 2 aromatic heterocycles. The highest BCUT2D eigenvalue weighted by Gasteiger charge is 2.20. The summed E-state index contributed by atoms with van der Waals surface area (Å²) in [4.78, 5) is 17.8. The zero-order valence-corrected chi connectivity index (χ0v) is 23.7. The first kappa shape index (κ1) is 29.1. The van der Waals surface area contributed by atoms with E-state index in [4.69, 9.17) is 10.7 Å². The molecule has 1 aliphatic rings. The average Bonchev–Trinajstić information content (AvgIpc) is 3.31. The highest BCUT2D eigenvalue weighted by Crippen LogP contribution is 2.30. The quantitative estimate of drug-likeness (QED) is 0.271. The van der Waals surface area contributed by atoms with Gasteiger partial charge >= 0.3 is 0 Å². The fraction of sp³-hybridized carbons (Fsp3) is 0.655. The number of aliphatic hydroxyl groups is 1. The van der Waals surface area contributed by atoms with E-state index in [9.17, 15) is 5.11 Å². The highest BCUT2D eigenvalue weighted by atomic mass is 16.3. The number of imidazole rings is 1. The van der Waals surface area contributed by atoms with Gasteiger partial charge in [0.15, 0.2) is 0 Å². The number of nitrogen functional groups attached to an aromatic ring is 1. The van der Waals surface area contributed by atoms with Crippen molar-refractivity contribution in [3.05, 3.63) is 24.0 Å². The molecule has 206 valence electrons. The van der Waals surface area contributed by atoms with Crippen LogP contribution >= 0.6 is 0 Å². The molecule has 1 saturated heterocycles. The predicted octanol–water partition coefficient (Wildman–Crippen LogP) is 4.92. The van der Waals surface area contributed by atoms with Crippen LogP contribution in [-0.4, -0.2) is 71.0 Å². The Kier molecular flexibility index (Phi) is 11.0. The number of rotatable bonds is 11. The van der Waals surface area contributed by atoms with Crippen LogP contribution in [-0.2, 0) is 6.42 Å². The third-order valence-corrected chi connectivity index (χ3v) is 7.09. The SMILES string of the molecule is CCC.CCCCc1nc2c([nH]1)c(N)nc1ccc(N3CCN(CNCCC(C)(C)CCO)CC3)cc12. The Hall–Kier alpha value is -2.42. The van der Waals surface area contributed by atoms with Crippen LogP contribution in [0.15, 0.2) is 18.2 Å². The van der Waals surface area contributed by atoms with Crippen LogP contribution < -0.4 is 16.0 Å². The Balaban J connectivity index is 0.00000121. The minimum Gasteiger partial charge on any atom is -0.396 e. The van der Waals surface area contributed by atoms with E-state index in [0.717, 1.165) is 99.3 Å². The Morgan fingerprint density at radius 1 is 1.08 bits per heavy atom. The number of aliphatic hydroxyl groups excluding tert-OH is 1. The lowest BCUT2D eigenvalue weighted by atomic mass is 9.86. The molecule has 0 radical (unpaired) electrons. The second kappa shape index (κ2) is 13.9. The lowest BCUT2D eigenvalue weighted by molar-refractivity contribution is 0.192. The van der Waals surface area contributed by atoms with Gasteiger partial charge in [-0.2, -0.15) is 0 Å². The lowest BCUT2D eigenvalue weighted by Gasteiger charge is -2.36. The summed E-state index contributed by atoms with van der Waals surface area (Å²) in [7, 11) is 0. The molecule has 8 heteroatoms. The van der Waals surface area contributed by atoms with Gasteiger partial charge in [0.1, 0.15) is 22.7 Å². The summed E-state index contributed by atoms with van der Waals surface area (Å²) in [6.45, 7) is 17.1. The summed E-state index contributed by atoms with van der Waals surface area (Å²) in [5, 5.41) is 13.8. The van der Waals surface area contributed by atoms with E-state index in [1.807, 2.05) is 0 Å². The van der Waals surface area contributed by atoms with Crippen molar-refractivity contribution in [2.24, 2.45) is 5.41 Å². The molecule has 1 aromatic carbocycles. The second-order valence-electron chi connectivity index (χ2n) is 11.1. The van der Waals surface area contributed by atoms with E-state index in [0.29, 0.717) is 5.82 Å². The summed E-state index contributed by atoms with van der Waals surface area (Å²) in [6.07, 6.45) is 6.35. The molecular formula is C29H49N7O. The maximum absolute atomic E-state index is 9.19. The highest BCUT2D eigenvalue weighted by molar-refractivity contribution is 6.07. The van der Waals surface area contributed by atoms with Crippen LogP contribution in [0, 0.1) is 5.41 Å². The molecule has 0 bridgehead atoms. The van der Waals surface area contributed by atoms with Gasteiger partial charge in [0.2, 0.25) is 0 Å². The van der Waals surface area contributed by atoms with Gasteiger partial charge in [-0.1, -0.05) is 47.5 Å². The number of H-pyrrole nitrogens is 1. The third kappa shape index (κ3) is 8.03. The number of hydrogen-bond acceptors (Lipinski definition) is 7. The maximum atomic E-state index is 9.19. The van der Waals surface area contributed by atoms with E-state index in [2.05, 4.69) is 77.9 Å². The molecule has 0 aliphatic carbocycles. The van der Waals surface area contributed by atoms with Crippen molar-refractivity contribution in [1.29, 1.82) is 0 Å². The first-order valence-electron chi connectivity index (χ1n) is 14.2. The number of fused-ring (bicyclic) bond motifs is 3. The number of nitrogens with one attached hydrogen (secondary N) is 2. The van der Waals surface area contributed by atoms with E-state index in [1.165, 1.54) is 12.1 Å². The first-order valence-corrected chi connectivity index (χ1v) is 14.2. The molecule has 5 N–H and O–H groups in total. The van der Waals surface area contributed by atoms with Crippen LogP contribution in [0.3, 0.4) is 0 Å². The topological polar surface area (TPSA) is 106 Å². The third-order valence-electron chi connectivity index (χ3n) is 7.09. The van der Waals surface area contributed by atoms with Crippen molar-refractivity contribution in [2.45, 2.75) is 73.1 Å². The van der Waals surface area contributed by atoms with Crippen molar-refractivity contribution in [3.63, 3.8) is 0 Å². The second-order valence-corrected chi connectivity index (χ2v) is 11.1. The number of hydrogen-bond donors (Lipinski definition) is 4. The molecule has 0 unspecified atom stereocenters. The van der Waals surface area contributed by atoms with E-state index in [1.54, 1.807) is 0 Å². The summed E-state index contributed by atoms with van der Waals surface area (Å²) in [5.74, 6) is 1.51. The van der Waals surface area contributed by atoms with Crippen LogP contribution in [0.5, 0.6) is 0 Å². The Labute approximate surface area is 223 Å². The van der Waals surface area contributed by atoms with Crippen molar-refractivity contribution < 1.29 is 5.11 Å². The van der Waals surface area contributed by atoms with Crippen molar-refractivity contribution in [3.8, 4) is 0 Å². The van der Waals surface area contributed by atoms with Crippen LogP contribution in [0.25, 0.3) is 21.9 Å². The van der Waals surface area contributed by atoms with Gasteiger partial charge in [0.05, 0.1) is 5.52 Å². The molecule has 3 heterocycles. The summed E-state index contributed by atoms with van der Waals surface area (Å²) >= 11 is 0. The fourth-order valence-electron chi connectivity index (χ4n) is 4.71. The average molecular weight is 512 g/mol. The van der Waals surface area contributed by atoms with E-state index in [-0.39, 0.29) is 12.0 Å². The predicted molar refractivity (Wildman–Crippen MR) is 157 cm³/mol. The van der Waals surface area contributed by atoms with Gasteiger partial charge in [-0.05, 0) is 49.4 Å². The van der Waals surface area contributed by atoms with Gasteiger partial charge in [-0.3, -0.25) is 4.90 Å². The number of pyridine rings is 1. The van der Waals surface area contributed by atoms with Crippen LogP contribution in [0.1, 0.15) is 72.5 Å². The Bertz CT molecular complexity index is 1100. The number of benzene rings is 1. The number of aryl methyl sites for hydroxylation is 1. The molecule has 0 spiro atoms. The summed E-state index contributed by atoms with van der Waals surface area (Å²) < 4.78 is 0. The number of unbranched alkanes of at least 4 members (excludes halogenated alkanes) is 1. The lowest BCUT2D eigenvalue weighted by Crippen LogP contribution is -2.49. The fourth-order valence-corrected chi connectivity index (χ4v) is 4.71. The number of aromatic amines is 1. The van der Waals surface area contributed by atoms with Gasteiger partial charge in [-0.15, -0.1) is 0 Å². The largest absolute Gasteiger partial charge is 0.396 e. The number of aromatic nitrogens is 3. The Morgan fingerprint density at radius 3 is 2.49 bits per heavy atom. The van der Waals surface area contributed by atoms with Crippen molar-refractivity contribution in [1.82, 2.24) is 25.2 Å². The summed E-state index contributed by atoms with van der Waals surface area (Å²) in [5.41, 5.74) is 10.3. The van der Waals surface area contributed by atoms with Crippen LogP contribution in [0.2, 0.25) is 0 Å². The summed E-state index contributed by atoms with van der Waals surface area (Å²) in [6, 6.07) is 6.46. The molecule has 0 atom stereocenters. The molecule has 0 amide bonds. The van der Waals surface area contributed by atoms with Gasteiger partial charge in [-0.25, -0.2) is 9.97 Å². The van der Waals surface area contributed by atoms with E-state index < -0.39 is 0 Å². The van der Waals surface area contributed by atoms with Crippen LogP contribution in [0.4, 0.5) is 11.5 Å². The Morgan fingerprint density at radius 2 is 1.81 bits per heavy atom. The number of piperazine rings is 1. The minimum absolute atomic E-state index is 0.187. The van der Waals surface area contributed by atoms with Crippen molar-refractivity contribution in [2.75, 3.05) is 56.6 Å². The maximum Gasteiger partial charge on any atom is 0.150 e. The van der Waals surface area contributed by atoms with Gasteiger partial charge < -0.3 is 26.0 Å². The number of nitrogens with two attached hydrogens (primary N) is 1. The standard InChI is InChI=1S/C26H41N7O.C3H8/c1-4-5-6-22-30-23-20-17-19(7-8-21(20)29-25(27)24(23)31-22)33-14-12-32(13-15-33)18-28-11-9-26(2,3)10-16-34;1-3-2/h7-8,17,28,34H,4-6,9-16,18H2,1-3H3,(H2,27,29)(H,30,31);3H2,1-2H3. The molecular weight excluding hydrogens is 462 g/mol.